The molecular formula is C16H18FNO5S. The molecule has 1 aromatic carbocycles. The van der Waals surface area contributed by atoms with Crippen molar-refractivity contribution in [2.75, 3.05) is 18.1 Å². The van der Waals surface area contributed by atoms with Crippen LogP contribution >= 0.6 is 0 Å². The van der Waals surface area contributed by atoms with Gasteiger partial charge in [-0.1, -0.05) is 12.1 Å². The largest absolute Gasteiger partial charge is 0.452 e. The van der Waals surface area contributed by atoms with Crippen LogP contribution in [0.1, 0.15) is 18.9 Å². The molecule has 0 spiro atoms. The van der Waals surface area contributed by atoms with E-state index in [0.29, 0.717) is 12.0 Å². The number of rotatable bonds is 5. The molecule has 1 amide bonds. The van der Waals surface area contributed by atoms with Crippen LogP contribution in [0.3, 0.4) is 0 Å². The fourth-order valence-corrected chi connectivity index (χ4v) is 4.50. The van der Waals surface area contributed by atoms with E-state index in [1.807, 2.05) is 0 Å². The maximum atomic E-state index is 12.7. The molecule has 1 aliphatic rings. The van der Waals surface area contributed by atoms with Gasteiger partial charge in [0.05, 0.1) is 17.0 Å². The van der Waals surface area contributed by atoms with E-state index >= 15 is 0 Å². The van der Waals surface area contributed by atoms with Gasteiger partial charge < -0.3 is 10.1 Å². The van der Waals surface area contributed by atoms with E-state index in [0.717, 1.165) is 6.08 Å². The molecule has 0 aromatic heterocycles. The molecule has 130 valence electrons. The standard InChI is InChI=1S/C16H18FNO5S/c1-16(8-9-24(21,22)11-16)18-14(19)10-23-15(20)7-4-12-2-5-13(17)6-3-12/h2-7H,8-11H2,1H3,(H,18,19)/b7-4+/t16-/m0/s1. The predicted molar refractivity (Wildman–Crippen MR) is 86.2 cm³/mol. The zero-order chi connectivity index (χ0) is 17.8. The van der Waals surface area contributed by atoms with Crippen LogP contribution < -0.4 is 5.32 Å². The van der Waals surface area contributed by atoms with Crippen molar-refractivity contribution < 1.29 is 27.1 Å². The van der Waals surface area contributed by atoms with Gasteiger partial charge in [-0.25, -0.2) is 17.6 Å². The summed E-state index contributed by atoms with van der Waals surface area (Å²) in [5, 5.41) is 2.59. The third-order valence-corrected chi connectivity index (χ3v) is 5.48. The number of halogens is 1. The maximum Gasteiger partial charge on any atom is 0.331 e. The summed E-state index contributed by atoms with van der Waals surface area (Å²) in [6.45, 7) is 1.15. The highest BCUT2D eigenvalue weighted by Gasteiger charge is 2.39. The van der Waals surface area contributed by atoms with Crippen molar-refractivity contribution in [3.05, 3.63) is 41.7 Å². The minimum absolute atomic E-state index is 0.0317. The first-order chi connectivity index (χ1) is 11.2. The van der Waals surface area contributed by atoms with Crippen molar-refractivity contribution in [3.8, 4) is 0 Å². The maximum absolute atomic E-state index is 12.7. The third-order valence-electron chi connectivity index (χ3n) is 3.57. The molecule has 8 heteroatoms. The Kier molecular flexibility index (Phi) is 5.38. The number of benzene rings is 1. The molecule has 1 atom stereocenters. The molecule has 1 aromatic rings. The highest BCUT2D eigenvalue weighted by molar-refractivity contribution is 7.91. The van der Waals surface area contributed by atoms with Gasteiger partial charge in [-0.15, -0.1) is 0 Å². The lowest BCUT2D eigenvalue weighted by Crippen LogP contribution is -2.48. The van der Waals surface area contributed by atoms with E-state index in [9.17, 15) is 22.4 Å². The highest BCUT2D eigenvalue weighted by atomic mass is 32.2. The SMILES string of the molecule is C[C@]1(NC(=O)COC(=O)/C=C/c2ccc(F)cc2)CCS(=O)(=O)C1. The fraction of sp³-hybridized carbons (Fsp3) is 0.375. The molecule has 0 saturated carbocycles. The Morgan fingerprint density at radius 3 is 2.58 bits per heavy atom. The van der Waals surface area contributed by atoms with Crippen LogP contribution in [-0.2, 0) is 24.2 Å². The molecule has 6 nitrogen and oxygen atoms in total. The fourth-order valence-electron chi connectivity index (χ4n) is 2.40. The van der Waals surface area contributed by atoms with Crippen LogP contribution in [-0.4, -0.2) is 43.9 Å². The summed E-state index contributed by atoms with van der Waals surface area (Å²) in [6.07, 6.45) is 2.90. The number of sulfone groups is 1. The van der Waals surface area contributed by atoms with Crippen LogP contribution in [0.4, 0.5) is 4.39 Å². The van der Waals surface area contributed by atoms with Crippen molar-refractivity contribution in [1.29, 1.82) is 0 Å². The van der Waals surface area contributed by atoms with Gasteiger partial charge in [-0.05, 0) is 37.1 Å². The van der Waals surface area contributed by atoms with E-state index in [1.165, 1.54) is 30.3 Å². The van der Waals surface area contributed by atoms with Crippen LogP contribution in [0, 0.1) is 5.82 Å². The number of carbonyl (C=O) groups excluding carboxylic acids is 2. The topological polar surface area (TPSA) is 89.5 Å². The first-order valence-electron chi connectivity index (χ1n) is 7.29. The summed E-state index contributed by atoms with van der Waals surface area (Å²) in [7, 11) is -3.13. The van der Waals surface area contributed by atoms with Crippen molar-refractivity contribution in [1.82, 2.24) is 5.32 Å². The van der Waals surface area contributed by atoms with Gasteiger partial charge in [-0.3, -0.25) is 4.79 Å². The zero-order valence-corrected chi connectivity index (χ0v) is 13.9. The van der Waals surface area contributed by atoms with Gasteiger partial charge in [0.1, 0.15) is 5.82 Å². The number of ether oxygens (including phenoxy) is 1. The number of amides is 1. The monoisotopic (exact) mass is 355 g/mol. The molecule has 0 radical (unpaired) electrons. The van der Waals surface area contributed by atoms with Crippen molar-refractivity contribution in [2.24, 2.45) is 0 Å². The predicted octanol–water partition coefficient (Wildman–Crippen LogP) is 1.08. The van der Waals surface area contributed by atoms with Crippen LogP contribution in [0.15, 0.2) is 30.3 Å². The molecule has 1 saturated heterocycles. The quantitative estimate of drug-likeness (QED) is 0.630. The second-order valence-electron chi connectivity index (χ2n) is 5.94. The number of hydrogen-bond donors (Lipinski definition) is 1. The summed E-state index contributed by atoms with van der Waals surface area (Å²) in [5.41, 5.74) is -0.215. The van der Waals surface area contributed by atoms with E-state index in [4.69, 9.17) is 4.74 Å². The Labute approximate surface area is 139 Å². The summed E-state index contributed by atoms with van der Waals surface area (Å²) in [4.78, 5) is 23.3. The summed E-state index contributed by atoms with van der Waals surface area (Å²) in [6, 6.07) is 5.50. The van der Waals surface area contributed by atoms with Crippen molar-refractivity contribution in [2.45, 2.75) is 18.9 Å². The Balaban J connectivity index is 1.79. The second kappa shape index (κ2) is 7.12. The minimum Gasteiger partial charge on any atom is -0.452 e. The number of carbonyl (C=O) groups is 2. The summed E-state index contributed by atoms with van der Waals surface area (Å²) >= 11 is 0. The minimum atomic E-state index is -3.13. The van der Waals surface area contributed by atoms with E-state index in [-0.39, 0.29) is 17.3 Å². The van der Waals surface area contributed by atoms with Crippen molar-refractivity contribution in [3.63, 3.8) is 0 Å². The van der Waals surface area contributed by atoms with Crippen LogP contribution in [0.25, 0.3) is 6.08 Å². The summed E-state index contributed by atoms with van der Waals surface area (Å²) < 4.78 is 40.5. The lowest BCUT2D eigenvalue weighted by atomic mass is 10.0. The van der Waals surface area contributed by atoms with Crippen LogP contribution in [0.2, 0.25) is 0 Å². The Hall–Kier alpha value is -2.22. The van der Waals surface area contributed by atoms with E-state index in [1.54, 1.807) is 6.92 Å². The Morgan fingerprint density at radius 2 is 2.00 bits per heavy atom. The van der Waals surface area contributed by atoms with Gasteiger partial charge in [0.2, 0.25) is 0 Å². The molecule has 0 unspecified atom stereocenters. The highest BCUT2D eigenvalue weighted by Crippen LogP contribution is 2.22. The molecule has 1 fully saturated rings. The van der Waals surface area contributed by atoms with Gasteiger partial charge in [-0.2, -0.15) is 0 Å². The van der Waals surface area contributed by atoms with E-state index < -0.39 is 33.9 Å². The molecule has 2 rings (SSSR count). The third kappa shape index (κ3) is 5.45. The number of hydrogen-bond acceptors (Lipinski definition) is 5. The Morgan fingerprint density at radius 1 is 1.33 bits per heavy atom. The lowest BCUT2D eigenvalue weighted by molar-refractivity contribution is -0.144. The summed E-state index contributed by atoms with van der Waals surface area (Å²) in [5.74, 6) is -1.75. The number of esters is 1. The molecule has 1 aliphatic heterocycles. The lowest BCUT2D eigenvalue weighted by Gasteiger charge is -2.23. The first kappa shape index (κ1) is 18.1. The molecule has 0 aliphatic carbocycles. The van der Waals surface area contributed by atoms with E-state index in [2.05, 4.69) is 5.32 Å². The molecule has 1 N–H and O–H groups in total. The average molecular weight is 355 g/mol. The number of nitrogens with one attached hydrogen (secondary N) is 1. The van der Waals surface area contributed by atoms with Gasteiger partial charge >= 0.3 is 5.97 Å². The second-order valence-corrected chi connectivity index (χ2v) is 8.13. The molecule has 24 heavy (non-hydrogen) atoms. The van der Waals surface area contributed by atoms with Crippen molar-refractivity contribution >= 4 is 27.8 Å². The van der Waals surface area contributed by atoms with Gasteiger partial charge in [0.15, 0.2) is 16.4 Å². The average Bonchev–Trinajstić information content (AvgIpc) is 2.78. The zero-order valence-electron chi connectivity index (χ0n) is 13.1. The van der Waals surface area contributed by atoms with Gasteiger partial charge in [0, 0.05) is 6.08 Å². The smallest absolute Gasteiger partial charge is 0.331 e. The normalized spacial score (nSPS) is 22.4. The van der Waals surface area contributed by atoms with Crippen LogP contribution in [0.5, 0.6) is 0 Å². The van der Waals surface area contributed by atoms with Gasteiger partial charge in [0.25, 0.3) is 5.91 Å². The molecule has 1 heterocycles. The Bertz CT molecular complexity index is 757. The first-order valence-corrected chi connectivity index (χ1v) is 9.11. The molecular weight excluding hydrogens is 337 g/mol. The molecule has 0 bridgehead atoms.